The van der Waals surface area contributed by atoms with Crippen LogP contribution in [-0.2, 0) is 37.7 Å². The zero-order valence-corrected chi connectivity index (χ0v) is 40.4. The van der Waals surface area contributed by atoms with Gasteiger partial charge in [0.15, 0.2) is 5.78 Å². The van der Waals surface area contributed by atoms with Crippen molar-refractivity contribution in [1.82, 2.24) is 9.97 Å². The largest absolute Gasteiger partial charge is 0.512 e. The van der Waals surface area contributed by atoms with Gasteiger partial charge in [-0.3, -0.25) is 4.79 Å². The van der Waals surface area contributed by atoms with Crippen LogP contribution < -0.4 is 0 Å². The third-order valence-electron chi connectivity index (χ3n) is 10.6. The molecule has 2 heterocycles. The van der Waals surface area contributed by atoms with E-state index in [2.05, 4.69) is 74.1 Å². The third-order valence-corrected chi connectivity index (χ3v) is 10.6. The Balaban J connectivity index is 0.000000262. The van der Waals surface area contributed by atoms with E-state index in [9.17, 15) is 9.90 Å². The summed E-state index contributed by atoms with van der Waals surface area (Å²) in [5, 5.41) is 13.2. The average molecular weight is 985 g/mol. The fraction of sp³-hybridized carbons (Fsp3) is 0.400. The first-order valence-corrected chi connectivity index (χ1v) is 21.6. The van der Waals surface area contributed by atoms with Crippen molar-refractivity contribution in [3.8, 4) is 22.5 Å². The van der Waals surface area contributed by atoms with Crippen LogP contribution in [0.15, 0.2) is 96.9 Å². The molecule has 0 saturated heterocycles. The standard InChI is InChI=1S/2C21H22N.C13H24O2.Ir/c2*1-14(2)9-17-5-6-20-18(13-17)7-8-22-21(20)19-11-15(3)10-16(4)12-19;1-5-10(6-2)12(14)9-13(15)11(7-3)8-4;/h2*5-8,10-11,13-14H,9H2,1-4H3;9-11,14H,5-8H2,1-4H3;/q2*-1;;/b;;12-9-;/i2*7D,8D;;. The summed E-state index contributed by atoms with van der Waals surface area (Å²) in [7, 11) is 0. The van der Waals surface area contributed by atoms with E-state index in [0.29, 0.717) is 11.8 Å². The molecule has 0 spiro atoms. The van der Waals surface area contributed by atoms with Gasteiger partial charge < -0.3 is 15.1 Å². The molecule has 1 radical (unpaired) electrons. The Labute approximate surface area is 381 Å². The Morgan fingerprint density at radius 2 is 1.05 bits per heavy atom. The number of hydrogen-bond donors (Lipinski definition) is 1. The number of fused-ring (bicyclic) bond motifs is 2. The Morgan fingerprint density at radius 3 is 1.40 bits per heavy atom. The predicted molar refractivity (Wildman–Crippen MR) is 252 cm³/mol. The maximum atomic E-state index is 11.7. The molecular formula is C55H68IrN2O2-2. The Hall–Kier alpha value is -4.44. The molecule has 60 heavy (non-hydrogen) atoms. The maximum absolute atomic E-state index is 11.7. The van der Waals surface area contributed by atoms with E-state index in [4.69, 9.17) is 5.48 Å². The Bertz CT molecular complexity index is 2370. The molecule has 2 aromatic heterocycles. The van der Waals surface area contributed by atoms with Crippen LogP contribution in [-0.4, -0.2) is 20.9 Å². The normalized spacial score (nSPS) is 12.4. The van der Waals surface area contributed by atoms with Crippen molar-refractivity contribution in [2.75, 3.05) is 0 Å². The number of aliphatic hydroxyl groups excluding tert-OH is 1. The Morgan fingerprint density at radius 1 is 0.650 bits per heavy atom. The number of hydrogen-bond acceptors (Lipinski definition) is 4. The van der Waals surface area contributed by atoms with E-state index in [0.717, 1.165) is 105 Å². The number of carbonyl (C=O) groups excluding carboxylic acids is 1. The van der Waals surface area contributed by atoms with Gasteiger partial charge in [-0.25, -0.2) is 0 Å². The van der Waals surface area contributed by atoms with E-state index in [1.807, 2.05) is 91.8 Å². The molecule has 0 bridgehead atoms. The fourth-order valence-electron chi connectivity index (χ4n) is 7.64. The number of carbonyl (C=O) groups is 1. The van der Waals surface area contributed by atoms with Crippen molar-refractivity contribution < 1.29 is 35.5 Å². The average Bonchev–Trinajstić information content (AvgIpc) is 3.21. The van der Waals surface area contributed by atoms with E-state index < -0.39 is 0 Å². The summed E-state index contributed by atoms with van der Waals surface area (Å²) >= 11 is 0. The molecule has 5 heteroatoms. The van der Waals surface area contributed by atoms with E-state index in [1.54, 1.807) is 0 Å². The molecule has 0 atom stereocenters. The van der Waals surface area contributed by atoms with Gasteiger partial charge in [-0.15, -0.1) is 69.8 Å². The van der Waals surface area contributed by atoms with Crippen LogP contribution in [0.5, 0.6) is 0 Å². The van der Waals surface area contributed by atoms with Crippen molar-refractivity contribution in [2.24, 2.45) is 23.7 Å². The van der Waals surface area contributed by atoms with Crippen LogP contribution in [0.3, 0.4) is 0 Å². The first kappa shape index (κ1) is 43.6. The van der Waals surface area contributed by atoms with Crippen LogP contribution >= 0.6 is 0 Å². The summed E-state index contributed by atoms with van der Waals surface area (Å²) in [6, 6.07) is 27.7. The van der Waals surface area contributed by atoms with Crippen LogP contribution in [0.1, 0.15) is 120 Å². The van der Waals surface area contributed by atoms with Crippen molar-refractivity contribution >= 4 is 27.3 Å². The van der Waals surface area contributed by atoms with Gasteiger partial charge in [0.05, 0.1) is 11.2 Å². The van der Waals surface area contributed by atoms with Gasteiger partial charge >= 0.3 is 0 Å². The SMILES string of the molecule is CCC(CC)C(=O)/C=C(\O)C(CC)CC.[2H]c1nc(-c2[c-]c(C)cc(C)c2)c2ccc(CC(C)C)cc2c1[2H].[2H]c1nc(-c2[c-]c(C)cc(C)c2)c2ccc(CC(C)C)cc2c1[2H].[Ir]. The third kappa shape index (κ3) is 14.3. The molecule has 0 aliphatic carbocycles. The molecule has 0 saturated carbocycles. The second-order valence-electron chi connectivity index (χ2n) is 16.9. The van der Waals surface area contributed by atoms with Gasteiger partial charge in [0.2, 0.25) is 0 Å². The molecule has 1 N–H and O–H groups in total. The smallest absolute Gasteiger partial charge is 0.162 e. The zero-order valence-electron chi connectivity index (χ0n) is 42.0. The van der Waals surface area contributed by atoms with Crippen molar-refractivity contribution in [1.29, 1.82) is 0 Å². The molecular weight excluding hydrogens is 913 g/mol. The predicted octanol–water partition coefficient (Wildman–Crippen LogP) is 14.9. The first-order chi connectivity index (χ1) is 29.8. The summed E-state index contributed by atoms with van der Waals surface area (Å²) < 4.78 is 32.7. The zero-order chi connectivity index (χ0) is 46.7. The van der Waals surface area contributed by atoms with Crippen molar-refractivity contribution in [3.05, 3.63) is 142 Å². The topological polar surface area (TPSA) is 63.1 Å². The number of pyridine rings is 2. The number of nitrogens with zero attached hydrogens (tertiary/aromatic N) is 2. The van der Waals surface area contributed by atoms with Crippen LogP contribution in [0.4, 0.5) is 0 Å². The number of aromatic nitrogens is 2. The quantitative estimate of drug-likeness (QED) is 0.0711. The minimum Gasteiger partial charge on any atom is -0.512 e. The molecule has 0 aliphatic heterocycles. The second-order valence-corrected chi connectivity index (χ2v) is 16.9. The van der Waals surface area contributed by atoms with Gasteiger partial charge in [0, 0.05) is 50.4 Å². The second kappa shape index (κ2) is 24.1. The molecule has 6 rings (SSSR count). The first-order valence-electron chi connectivity index (χ1n) is 23.6. The minimum atomic E-state index is 0. The number of rotatable bonds is 13. The number of allylic oxidation sites excluding steroid dienone is 2. The number of aryl methyl sites for hydroxylation is 4. The van der Waals surface area contributed by atoms with Crippen LogP contribution in [0.25, 0.3) is 44.1 Å². The molecule has 0 fully saturated rings. The molecule has 0 aliphatic rings. The Kier molecular flexibility index (Phi) is 17.5. The summed E-state index contributed by atoms with van der Waals surface area (Å²) in [5.74, 6) is 1.66. The van der Waals surface area contributed by atoms with Crippen LogP contribution in [0.2, 0.25) is 0 Å². The monoisotopic (exact) mass is 986 g/mol. The summed E-state index contributed by atoms with van der Waals surface area (Å²) in [6.07, 6.45) is 6.88. The number of aliphatic hydroxyl groups is 1. The van der Waals surface area contributed by atoms with Crippen molar-refractivity contribution in [2.45, 2.75) is 122 Å². The van der Waals surface area contributed by atoms with E-state index >= 15 is 0 Å². The molecule has 4 nitrogen and oxygen atoms in total. The summed E-state index contributed by atoms with van der Waals surface area (Å²) in [5.41, 5.74) is 10.1. The molecule has 6 aromatic rings. The van der Waals surface area contributed by atoms with Gasteiger partial charge in [0.25, 0.3) is 0 Å². The molecule has 321 valence electrons. The summed E-state index contributed by atoms with van der Waals surface area (Å²) in [4.78, 5) is 20.5. The van der Waals surface area contributed by atoms with Gasteiger partial charge in [0.1, 0.15) is 0 Å². The minimum absolute atomic E-state index is 0. The summed E-state index contributed by atoms with van der Waals surface area (Å²) in [6.45, 7) is 24.9. The molecule has 4 aromatic carbocycles. The van der Waals surface area contributed by atoms with Gasteiger partial charge in [-0.05, 0) is 107 Å². The number of ketones is 1. The fourth-order valence-corrected chi connectivity index (χ4v) is 7.64. The molecule has 0 amide bonds. The van der Waals surface area contributed by atoms with E-state index in [1.165, 1.54) is 17.2 Å². The van der Waals surface area contributed by atoms with Crippen molar-refractivity contribution in [3.63, 3.8) is 0 Å². The van der Waals surface area contributed by atoms with Crippen LogP contribution in [0, 0.1) is 63.5 Å². The van der Waals surface area contributed by atoms with E-state index in [-0.39, 0.29) is 67.9 Å². The van der Waals surface area contributed by atoms with Gasteiger partial charge in [-0.1, -0.05) is 119 Å². The molecule has 0 unspecified atom stereocenters. The van der Waals surface area contributed by atoms with Gasteiger partial charge in [-0.2, -0.15) is 0 Å². The number of benzene rings is 4. The maximum Gasteiger partial charge on any atom is 0.162 e.